The summed E-state index contributed by atoms with van der Waals surface area (Å²) in [5.74, 6) is -0.840. The summed E-state index contributed by atoms with van der Waals surface area (Å²) in [5.41, 5.74) is 1.07. The fraction of sp³-hybridized carbons (Fsp3) is 0.333. The van der Waals surface area contributed by atoms with E-state index in [2.05, 4.69) is 5.32 Å². The Bertz CT molecular complexity index is 1010. The first kappa shape index (κ1) is 25.0. The molecule has 1 atom stereocenters. The fourth-order valence-corrected chi connectivity index (χ4v) is 4.20. The van der Waals surface area contributed by atoms with Crippen LogP contribution in [0, 0.1) is 0 Å². The van der Waals surface area contributed by atoms with E-state index in [1.807, 2.05) is 0 Å². The van der Waals surface area contributed by atoms with Gasteiger partial charge in [0.15, 0.2) is 0 Å². The lowest BCUT2D eigenvalue weighted by Crippen LogP contribution is -2.51. The molecular formula is C21H25Cl2N3O4S. The van der Waals surface area contributed by atoms with E-state index < -0.39 is 28.5 Å². The summed E-state index contributed by atoms with van der Waals surface area (Å²) in [6.45, 7) is 1.46. The molecule has 0 fully saturated rings. The third kappa shape index (κ3) is 6.85. The maximum Gasteiger partial charge on any atom is 0.244 e. The van der Waals surface area contributed by atoms with E-state index in [1.54, 1.807) is 43.3 Å². The first-order valence-corrected chi connectivity index (χ1v) is 12.2. The smallest absolute Gasteiger partial charge is 0.244 e. The van der Waals surface area contributed by atoms with Crippen molar-refractivity contribution >= 4 is 50.7 Å². The number of sulfonamides is 1. The van der Waals surface area contributed by atoms with E-state index in [0.29, 0.717) is 22.2 Å². The molecule has 0 bridgehead atoms. The minimum Gasteiger partial charge on any atom is -0.357 e. The van der Waals surface area contributed by atoms with Gasteiger partial charge in [0, 0.05) is 23.6 Å². The van der Waals surface area contributed by atoms with Crippen LogP contribution in [-0.4, -0.2) is 51.0 Å². The van der Waals surface area contributed by atoms with Crippen molar-refractivity contribution in [2.24, 2.45) is 0 Å². The molecule has 10 heteroatoms. The minimum absolute atomic E-state index is 0.125. The molecule has 2 aromatic carbocycles. The van der Waals surface area contributed by atoms with Crippen molar-refractivity contribution in [2.45, 2.75) is 25.9 Å². The predicted octanol–water partition coefficient (Wildman–Crippen LogP) is 3.31. The highest BCUT2D eigenvalue weighted by molar-refractivity contribution is 7.92. The van der Waals surface area contributed by atoms with Gasteiger partial charge in [0.25, 0.3) is 0 Å². The number of hydrogen-bond acceptors (Lipinski definition) is 4. The van der Waals surface area contributed by atoms with Gasteiger partial charge >= 0.3 is 0 Å². The lowest BCUT2D eigenvalue weighted by atomic mass is 10.1. The van der Waals surface area contributed by atoms with Crippen molar-refractivity contribution in [3.8, 4) is 0 Å². The second kappa shape index (κ2) is 10.8. The maximum absolute atomic E-state index is 13.3. The quantitative estimate of drug-likeness (QED) is 0.589. The molecule has 1 N–H and O–H groups in total. The molecule has 2 aromatic rings. The van der Waals surface area contributed by atoms with Crippen LogP contribution in [0.4, 0.5) is 5.69 Å². The first-order valence-electron chi connectivity index (χ1n) is 9.55. The molecule has 0 unspecified atom stereocenters. The van der Waals surface area contributed by atoms with E-state index in [1.165, 1.54) is 24.1 Å². The molecule has 0 saturated heterocycles. The summed E-state index contributed by atoms with van der Waals surface area (Å²) in [7, 11) is -2.28. The van der Waals surface area contributed by atoms with Crippen LogP contribution >= 0.6 is 23.2 Å². The van der Waals surface area contributed by atoms with E-state index >= 15 is 0 Å². The number of carbonyl (C=O) groups excluding carboxylic acids is 2. The van der Waals surface area contributed by atoms with Crippen LogP contribution in [-0.2, 0) is 26.2 Å². The number of amides is 2. The zero-order chi connectivity index (χ0) is 23.2. The van der Waals surface area contributed by atoms with Crippen LogP contribution in [0.3, 0.4) is 0 Å². The van der Waals surface area contributed by atoms with E-state index in [-0.39, 0.29) is 12.5 Å². The van der Waals surface area contributed by atoms with Crippen molar-refractivity contribution < 1.29 is 18.0 Å². The summed E-state index contributed by atoms with van der Waals surface area (Å²) in [5, 5.41) is 3.56. The fourth-order valence-electron chi connectivity index (χ4n) is 3.09. The molecule has 0 aliphatic carbocycles. The highest BCUT2D eigenvalue weighted by atomic mass is 35.5. The molecule has 0 saturated carbocycles. The molecule has 0 radical (unpaired) electrons. The van der Waals surface area contributed by atoms with Gasteiger partial charge in [0.2, 0.25) is 21.8 Å². The zero-order valence-corrected chi connectivity index (χ0v) is 19.8. The second-order valence-corrected chi connectivity index (χ2v) is 9.71. The lowest BCUT2D eigenvalue weighted by Gasteiger charge is -2.32. The maximum atomic E-state index is 13.3. The lowest BCUT2D eigenvalue weighted by molar-refractivity contribution is -0.140. The van der Waals surface area contributed by atoms with Crippen molar-refractivity contribution in [1.82, 2.24) is 10.2 Å². The van der Waals surface area contributed by atoms with Crippen LogP contribution in [0.15, 0.2) is 48.5 Å². The van der Waals surface area contributed by atoms with Gasteiger partial charge in [-0.25, -0.2) is 8.42 Å². The summed E-state index contributed by atoms with van der Waals surface area (Å²) < 4.78 is 25.9. The Morgan fingerprint density at radius 3 is 1.97 bits per heavy atom. The van der Waals surface area contributed by atoms with Gasteiger partial charge in [-0.3, -0.25) is 13.9 Å². The van der Waals surface area contributed by atoms with Gasteiger partial charge in [0.1, 0.15) is 12.6 Å². The van der Waals surface area contributed by atoms with Crippen molar-refractivity contribution in [3.05, 3.63) is 64.1 Å². The van der Waals surface area contributed by atoms with Crippen molar-refractivity contribution in [1.29, 1.82) is 0 Å². The monoisotopic (exact) mass is 485 g/mol. The topological polar surface area (TPSA) is 86.8 Å². The van der Waals surface area contributed by atoms with Crippen molar-refractivity contribution in [2.75, 3.05) is 24.2 Å². The average Bonchev–Trinajstić information content (AvgIpc) is 2.72. The molecule has 168 valence electrons. The number of benzene rings is 2. The van der Waals surface area contributed by atoms with Crippen molar-refractivity contribution in [3.63, 3.8) is 0 Å². The number of hydrogen-bond donors (Lipinski definition) is 1. The van der Waals surface area contributed by atoms with Gasteiger partial charge < -0.3 is 10.2 Å². The number of anilines is 1. The van der Waals surface area contributed by atoms with Gasteiger partial charge in [-0.15, -0.1) is 0 Å². The molecule has 0 heterocycles. The molecule has 2 rings (SSSR count). The Hall–Kier alpha value is -2.29. The average molecular weight is 486 g/mol. The third-order valence-corrected chi connectivity index (χ3v) is 6.34. The summed E-state index contributed by atoms with van der Waals surface area (Å²) in [4.78, 5) is 27.2. The number of halogens is 2. The molecule has 0 aliphatic heterocycles. The molecular weight excluding hydrogens is 461 g/mol. The van der Waals surface area contributed by atoms with Gasteiger partial charge in [-0.05, 0) is 48.4 Å². The highest BCUT2D eigenvalue weighted by Gasteiger charge is 2.31. The Morgan fingerprint density at radius 1 is 1.00 bits per heavy atom. The normalized spacial score (nSPS) is 12.2. The highest BCUT2D eigenvalue weighted by Crippen LogP contribution is 2.22. The largest absolute Gasteiger partial charge is 0.357 e. The number of nitrogens with zero attached hydrogens (tertiary/aromatic N) is 2. The molecule has 2 amide bonds. The van der Waals surface area contributed by atoms with Crippen LogP contribution in [0.1, 0.15) is 18.9 Å². The number of nitrogens with one attached hydrogen (secondary N) is 1. The van der Waals surface area contributed by atoms with Gasteiger partial charge in [-0.2, -0.15) is 0 Å². The minimum atomic E-state index is -3.77. The molecule has 7 nitrogen and oxygen atoms in total. The Kier molecular flexibility index (Phi) is 8.73. The first-order chi connectivity index (χ1) is 14.6. The second-order valence-electron chi connectivity index (χ2n) is 6.93. The Balaban J connectivity index is 2.40. The SMILES string of the molecule is CC[C@@H](C(=O)NC)N(Cc1ccc(Cl)cc1)C(=O)CN(c1ccc(Cl)cc1)S(C)(=O)=O. The number of likely N-dealkylation sites (N-methyl/N-ethyl adjacent to an activating group) is 1. The summed E-state index contributed by atoms with van der Waals surface area (Å²) in [6.07, 6.45) is 1.38. The van der Waals surface area contributed by atoms with E-state index in [4.69, 9.17) is 23.2 Å². The summed E-state index contributed by atoms with van der Waals surface area (Å²) >= 11 is 11.8. The summed E-state index contributed by atoms with van der Waals surface area (Å²) in [6, 6.07) is 12.3. The zero-order valence-electron chi connectivity index (χ0n) is 17.5. The van der Waals surface area contributed by atoms with Crippen LogP contribution < -0.4 is 9.62 Å². The van der Waals surface area contributed by atoms with Crippen LogP contribution in [0.5, 0.6) is 0 Å². The standard InChI is InChI=1S/C21H25Cl2N3O4S/c1-4-19(21(28)24-2)25(13-15-5-7-16(22)8-6-15)20(27)14-26(31(3,29)30)18-11-9-17(23)10-12-18/h5-12,19H,4,13-14H2,1-3H3,(H,24,28)/t19-/m0/s1. The molecule has 31 heavy (non-hydrogen) atoms. The Morgan fingerprint density at radius 2 is 1.52 bits per heavy atom. The molecule has 0 aliphatic rings. The molecule has 0 aromatic heterocycles. The number of carbonyl (C=O) groups is 2. The predicted molar refractivity (Wildman–Crippen MR) is 124 cm³/mol. The van der Waals surface area contributed by atoms with Gasteiger partial charge in [-0.1, -0.05) is 42.3 Å². The van der Waals surface area contributed by atoms with E-state index in [9.17, 15) is 18.0 Å². The van der Waals surface area contributed by atoms with E-state index in [0.717, 1.165) is 16.1 Å². The molecule has 0 spiro atoms. The third-order valence-electron chi connectivity index (χ3n) is 4.69. The number of rotatable bonds is 9. The van der Waals surface area contributed by atoms with Crippen LogP contribution in [0.25, 0.3) is 0 Å². The van der Waals surface area contributed by atoms with Gasteiger partial charge in [0.05, 0.1) is 11.9 Å². The Labute approximate surface area is 193 Å². The van der Waals surface area contributed by atoms with Crippen LogP contribution in [0.2, 0.25) is 10.0 Å².